The maximum Gasteiger partial charge on any atom is 0.0625 e. The predicted molar refractivity (Wildman–Crippen MR) is 52.0 cm³/mol. The van der Waals surface area contributed by atoms with Crippen molar-refractivity contribution in [2.75, 3.05) is 5.75 Å². The normalized spacial score (nSPS) is 9.67. The number of aromatic nitrogens is 2. The lowest BCUT2D eigenvalue weighted by molar-refractivity contribution is 0.766. The van der Waals surface area contributed by atoms with Crippen LogP contribution in [0.5, 0.6) is 0 Å². The molecule has 0 spiro atoms. The molecule has 0 aliphatic heterocycles. The molecule has 0 saturated heterocycles. The molecule has 0 unspecified atom stereocenters. The summed E-state index contributed by atoms with van der Waals surface area (Å²) in [6.45, 7) is 0. The maximum atomic E-state index is 5.14. The second kappa shape index (κ2) is 4.89. The monoisotopic (exact) mass is 180 g/mol. The smallest absolute Gasteiger partial charge is 0.0625 e. The van der Waals surface area contributed by atoms with Crippen molar-refractivity contribution in [3.8, 4) is 12.3 Å². The SMILES string of the molecule is C#CCCCSc1cnn(C)c1. The fourth-order valence-corrected chi connectivity index (χ4v) is 1.71. The van der Waals surface area contributed by atoms with Crippen LogP contribution in [0.3, 0.4) is 0 Å². The van der Waals surface area contributed by atoms with Crippen LogP contribution >= 0.6 is 11.8 Å². The first-order valence-corrected chi connectivity index (χ1v) is 4.86. The molecule has 0 saturated carbocycles. The lowest BCUT2D eigenvalue weighted by Gasteiger charge is -1.93. The summed E-state index contributed by atoms with van der Waals surface area (Å²) >= 11 is 1.80. The molecular weight excluding hydrogens is 168 g/mol. The fraction of sp³-hybridized carbons (Fsp3) is 0.444. The molecule has 0 aromatic carbocycles. The van der Waals surface area contributed by atoms with E-state index in [1.165, 1.54) is 4.90 Å². The zero-order valence-electron chi connectivity index (χ0n) is 7.16. The van der Waals surface area contributed by atoms with Gasteiger partial charge in [0.25, 0.3) is 0 Å². The van der Waals surface area contributed by atoms with Crippen LogP contribution in [0, 0.1) is 12.3 Å². The van der Waals surface area contributed by atoms with Gasteiger partial charge in [0.2, 0.25) is 0 Å². The Morgan fingerprint density at radius 2 is 2.58 bits per heavy atom. The third-order valence-corrected chi connectivity index (χ3v) is 2.45. The number of rotatable bonds is 4. The van der Waals surface area contributed by atoms with Gasteiger partial charge in [0, 0.05) is 24.6 Å². The van der Waals surface area contributed by atoms with Crippen LogP contribution in [0.25, 0.3) is 0 Å². The Morgan fingerprint density at radius 1 is 1.75 bits per heavy atom. The second-order valence-electron chi connectivity index (χ2n) is 2.51. The predicted octanol–water partition coefficient (Wildman–Crippen LogP) is 1.93. The van der Waals surface area contributed by atoms with Crippen molar-refractivity contribution in [1.82, 2.24) is 9.78 Å². The standard InChI is InChI=1S/C9H12N2S/c1-3-4-5-6-12-9-7-10-11(2)8-9/h1,7-8H,4-6H2,2H3. The van der Waals surface area contributed by atoms with Gasteiger partial charge in [-0.05, 0) is 12.2 Å². The van der Waals surface area contributed by atoms with E-state index in [4.69, 9.17) is 6.42 Å². The zero-order valence-corrected chi connectivity index (χ0v) is 7.97. The van der Waals surface area contributed by atoms with Crippen LogP contribution in [-0.4, -0.2) is 15.5 Å². The molecule has 0 fully saturated rings. The molecule has 0 aliphatic carbocycles. The van der Waals surface area contributed by atoms with Crippen molar-refractivity contribution in [3.05, 3.63) is 12.4 Å². The van der Waals surface area contributed by atoms with Gasteiger partial charge in [-0.15, -0.1) is 24.1 Å². The highest BCUT2D eigenvalue weighted by Gasteiger charge is 1.95. The molecule has 3 heteroatoms. The average molecular weight is 180 g/mol. The molecule has 0 aliphatic rings. The summed E-state index contributed by atoms with van der Waals surface area (Å²) in [5, 5.41) is 4.07. The highest BCUT2D eigenvalue weighted by atomic mass is 32.2. The molecule has 1 heterocycles. The molecule has 1 aromatic rings. The van der Waals surface area contributed by atoms with E-state index >= 15 is 0 Å². The van der Waals surface area contributed by atoms with Gasteiger partial charge in [0.1, 0.15) is 0 Å². The molecule has 0 radical (unpaired) electrons. The molecule has 0 bridgehead atoms. The van der Waals surface area contributed by atoms with E-state index in [0.29, 0.717) is 0 Å². The largest absolute Gasteiger partial charge is 0.275 e. The summed E-state index contributed by atoms with van der Waals surface area (Å²) in [5.74, 6) is 3.70. The van der Waals surface area contributed by atoms with Crippen LogP contribution in [-0.2, 0) is 7.05 Å². The Labute approximate surface area is 77.4 Å². The van der Waals surface area contributed by atoms with Crippen molar-refractivity contribution >= 4 is 11.8 Å². The topological polar surface area (TPSA) is 17.8 Å². The van der Waals surface area contributed by atoms with Gasteiger partial charge >= 0.3 is 0 Å². The minimum absolute atomic E-state index is 0.868. The highest BCUT2D eigenvalue weighted by Crippen LogP contribution is 2.17. The van der Waals surface area contributed by atoms with E-state index in [1.807, 2.05) is 24.1 Å². The van der Waals surface area contributed by atoms with Gasteiger partial charge < -0.3 is 0 Å². The lowest BCUT2D eigenvalue weighted by Crippen LogP contribution is -1.84. The third kappa shape index (κ3) is 3.02. The quantitative estimate of drug-likeness (QED) is 0.400. The van der Waals surface area contributed by atoms with Crippen LogP contribution in [0.1, 0.15) is 12.8 Å². The Morgan fingerprint density at radius 3 is 3.17 bits per heavy atom. The van der Waals surface area contributed by atoms with E-state index < -0.39 is 0 Å². The first-order valence-electron chi connectivity index (χ1n) is 3.88. The van der Waals surface area contributed by atoms with Gasteiger partial charge in [-0.3, -0.25) is 4.68 Å². The van der Waals surface area contributed by atoms with E-state index in [-0.39, 0.29) is 0 Å². The minimum Gasteiger partial charge on any atom is -0.275 e. The molecule has 0 atom stereocenters. The van der Waals surface area contributed by atoms with Crippen molar-refractivity contribution in [1.29, 1.82) is 0 Å². The summed E-state index contributed by atoms with van der Waals surface area (Å²) in [6.07, 6.45) is 11.0. The first kappa shape index (κ1) is 9.21. The van der Waals surface area contributed by atoms with Crippen molar-refractivity contribution in [3.63, 3.8) is 0 Å². The summed E-state index contributed by atoms with van der Waals surface area (Å²) in [5.41, 5.74) is 0. The number of nitrogens with zero attached hydrogens (tertiary/aromatic N) is 2. The van der Waals surface area contributed by atoms with Crippen LogP contribution in [0.2, 0.25) is 0 Å². The van der Waals surface area contributed by atoms with Crippen LogP contribution in [0.4, 0.5) is 0 Å². The van der Waals surface area contributed by atoms with E-state index in [0.717, 1.165) is 18.6 Å². The number of hydrogen-bond donors (Lipinski definition) is 0. The Kier molecular flexibility index (Phi) is 3.75. The van der Waals surface area contributed by atoms with E-state index in [9.17, 15) is 0 Å². The van der Waals surface area contributed by atoms with Crippen LogP contribution < -0.4 is 0 Å². The van der Waals surface area contributed by atoms with Gasteiger partial charge in [-0.25, -0.2) is 0 Å². The summed E-state index contributed by atoms with van der Waals surface area (Å²) < 4.78 is 1.81. The van der Waals surface area contributed by atoms with E-state index in [2.05, 4.69) is 11.0 Å². The number of unbranched alkanes of at least 4 members (excludes halogenated alkanes) is 1. The summed E-state index contributed by atoms with van der Waals surface area (Å²) in [6, 6.07) is 0. The second-order valence-corrected chi connectivity index (χ2v) is 3.67. The molecule has 1 aromatic heterocycles. The summed E-state index contributed by atoms with van der Waals surface area (Å²) in [4.78, 5) is 1.22. The minimum atomic E-state index is 0.868. The first-order chi connectivity index (χ1) is 5.83. The van der Waals surface area contributed by atoms with Crippen LogP contribution in [0.15, 0.2) is 17.3 Å². The molecule has 0 amide bonds. The van der Waals surface area contributed by atoms with Gasteiger partial charge in [0.05, 0.1) is 6.20 Å². The van der Waals surface area contributed by atoms with Gasteiger partial charge in [-0.1, -0.05) is 0 Å². The maximum absolute atomic E-state index is 5.14. The molecule has 12 heavy (non-hydrogen) atoms. The number of terminal acetylenes is 1. The molecule has 1 rings (SSSR count). The van der Waals surface area contributed by atoms with E-state index in [1.54, 1.807) is 11.8 Å². The molecule has 0 N–H and O–H groups in total. The molecule has 64 valence electrons. The number of hydrogen-bond acceptors (Lipinski definition) is 2. The number of aryl methyl sites for hydroxylation is 1. The third-order valence-electron chi connectivity index (χ3n) is 1.42. The fourth-order valence-electron chi connectivity index (χ4n) is 0.838. The highest BCUT2D eigenvalue weighted by molar-refractivity contribution is 7.99. The van der Waals surface area contributed by atoms with Crippen molar-refractivity contribution < 1.29 is 0 Å². The van der Waals surface area contributed by atoms with Crippen molar-refractivity contribution in [2.45, 2.75) is 17.7 Å². The molecular formula is C9H12N2S. The number of thioether (sulfide) groups is 1. The van der Waals surface area contributed by atoms with Gasteiger partial charge in [-0.2, -0.15) is 5.10 Å². The Bertz CT molecular complexity index is 272. The van der Waals surface area contributed by atoms with Crippen molar-refractivity contribution in [2.24, 2.45) is 7.05 Å². The lowest BCUT2D eigenvalue weighted by atomic mass is 10.4. The Balaban J connectivity index is 2.21. The average Bonchev–Trinajstić information content (AvgIpc) is 2.45. The van der Waals surface area contributed by atoms with Gasteiger partial charge in [0.15, 0.2) is 0 Å². The summed E-state index contributed by atoms with van der Waals surface area (Å²) in [7, 11) is 1.92. The molecule has 2 nitrogen and oxygen atoms in total. The zero-order chi connectivity index (χ0) is 8.81. The Hall–Kier alpha value is -0.880.